The molecule has 0 aromatic rings. The van der Waals surface area contributed by atoms with Gasteiger partial charge >= 0.3 is 0 Å². The smallest absolute Gasteiger partial charge is 0.113 e. The first-order chi connectivity index (χ1) is 5.02. The molecule has 0 aromatic carbocycles. The van der Waals surface area contributed by atoms with E-state index in [0.29, 0.717) is 11.0 Å². The van der Waals surface area contributed by atoms with E-state index in [1.807, 2.05) is 0 Å². The fourth-order valence-corrected chi connectivity index (χ4v) is 2.29. The summed E-state index contributed by atoms with van der Waals surface area (Å²) in [5, 5.41) is 0.398. The second-order valence-electron chi connectivity index (χ2n) is 2.75. The third-order valence-electron chi connectivity index (χ3n) is 2.05. The van der Waals surface area contributed by atoms with Crippen LogP contribution in [0, 0.1) is 5.92 Å². The highest BCUT2D eigenvalue weighted by atomic mass is 35.5. The van der Waals surface area contributed by atoms with Crippen LogP contribution in [0.4, 0.5) is 0 Å². The molecule has 0 N–H and O–H groups in total. The van der Waals surface area contributed by atoms with Crippen molar-refractivity contribution in [2.45, 2.75) is 24.6 Å². The molecule has 1 aliphatic rings. The zero-order valence-electron chi connectivity index (χ0n) is 6.00. The standard InChI is InChI=1S/C7H8Cl4/c1-2-4-3-7(4,11)5(8)6(9)10/h4H,2-3H2,1H3/t4-,7-/m0/s1. The Balaban J connectivity index is 2.71. The van der Waals surface area contributed by atoms with E-state index in [4.69, 9.17) is 46.4 Å². The van der Waals surface area contributed by atoms with Crippen LogP contribution in [0.1, 0.15) is 19.8 Å². The van der Waals surface area contributed by atoms with Crippen LogP contribution >= 0.6 is 46.4 Å². The summed E-state index contributed by atoms with van der Waals surface area (Å²) in [5.41, 5.74) is 0. The Morgan fingerprint density at radius 3 is 2.27 bits per heavy atom. The van der Waals surface area contributed by atoms with Gasteiger partial charge in [-0.05, 0) is 12.3 Å². The van der Waals surface area contributed by atoms with Crippen LogP contribution in [-0.4, -0.2) is 4.87 Å². The molecule has 1 rings (SSSR count). The molecule has 0 radical (unpaired) electrons. The fourth-order valence-electron chi connectivity index (χ4n) is 1.19. The molecule has 0 aliphatic heterocycles. The monoisotopic (exact) mass is 232 g/mol. The highest BCUT2D eigenvalue weighted by molar-refractivity contribution is 6.60. The van der Waals surface area contributed by atoms with Gasteiger partial charge in [-0.2, -0.15) is 0 Å². The summed E-state index contributed by atoms with van der Waals surface area (Å²) in [5.74, 6) is 0.434. The largest absolute Gasteiger partial charge is 0.123 e. The van der Waals surface area contributed by atoms with Crippen LogP contribution in [0.3, 0.4) is 0 Å². The van der Waals surface area contributed by atoms with Gasteiger partial charge in [-0.3, -0.25) is 0 Å². The van der Waals surface area contributed by atoms with Crippen molar-refractivity contribution in [2.75, 3.05) is 0 Å². The van der Waals surface area contributed by atoms with E-state index in [1.165, 1.54) is 0 Å². The molecule has 0 spiro atoms. The number of rotatable bonds is 2. The Morgan fingerprint density at radius 2 is 2.00 bits per heavy atom. The molecular weight excluding hydrogens is 226 g/mol. The normalized spacial score (nSPS) is 35.2. The Morgan fingerprint density at radius 1 is 1.45 bits per heavy atom. The third-order valence-corrected chi connectivity index (χ3v) is 3.90. The van der Waals surface area contributed by atoms with Crippen molar-refractivity contribution in [3.8, 4) is 0 Å². The lowest BCUT2D eigenvalue weighted by molar-refractivity contribution is 0.765. The van der Waals surface area contributed by atoms with Crippen molar-refractivity contribution in [3.63, 3.8) is 0 Å². The highest BCUT2D eigenvalue weighted by Gasteiger charge is 2.54. The van der Waals surface area contributed by atoms with Crippen molar-refractivity contribution in [1.29, 1.82) is 0 Å². The SMILES string of the molecule is CC[C@H]1C[C@@]1(Cl)C(Cl)=C(Cl)Cl. The molecule has 0 saturated heterocycles. The second kappa shape index (κ2) is 3.33. The van der Waals surface area contributed by atoms with Gasteiger partial charge in [-0.25, -0.2) is 0 Å². The topological polar surface area (TPSA) is 0 Å². The van der Waals surface area contributed by atoms with Gasteiger partial charge in [0, 0.05) is 0 Å². The molecule has 0 heterocycles. The summed E-state index contributed by atoms with van der Waals surface area (Å²) in [7, 11) is 0. The molecule has 0 unspecified atom stereocenters. The average molecular weight is 234 g/mol. The van der Waals surface area contributed by atoms with E-state index in [-0.39, 0.29) is 4.49 Å². The van der Waals surface area contributed by atoms with Gasteiger partial charge in [0.15, 0.2) is 0 Å². The van der Waals surface area contributed by atoms with Crippen molar-refractivity contribution in [2.24, 2.45) is 5.92 Å². The molecule has 64 valence electrons. The van der Waals surface area contributed by atoms with Crippen molar-refractivity contribution in [1.82, 2.24) is 0 Å². The Labute approximate surface area is 86.4 Å². The maximum atomic E-state index is 6.10. The second-order valence-corrected chi connectivity index (χ2v) is 4.75. The van der Waals surface area contributed by atoms with Gasteiger partial charge in [0.2, 0.25) is 0 Å². The summed E-state index contributed by atoms with van der Waals surface area (Å²) >= 11 is 22.9. The molecule has 1 saturated carbocycles. The van der Waals surface area contributed by atoms with E-state index in [2.05, 4.69) is 6.92 Å². The molecule has 0 amide bonds. The summed E-state index contributed by atoms with van der Waals surface area (Å²) in [6, 6.07) is 0. The summed E-state index contributed by atoms with van der Waals surface area (Å²) < 4.78 is 0.0950. The van der Waals surface area contributed by atoms with Gasteiger partial charge in [0.05, 0.1) is 9.91 Å². The number of hydrogen-bond acceptors (Lipinski definition) is 0. The van der Waals surface area contributed by atoms with E-state index in [0.717, 1.165) is 12.8 Å². The zero-order valence-corrected chi connectivity index (χ0v) is 9.03. The first-order valence-electron chi connectivity index (χ1n) is 3.42. The predicted molar refractivity (Wildman–Crippen MR) is 51.6 cm³/mol. The fraction of sp³-hybridized carbons (Fsp3) is 0.714. The number of allylic oxidation sites excluding steroid dienone is 1. The molecule has 2 atom stereocenters. The Kier molecular flexibility index (Phi) is 3.03. The number of hydrogen-bond donors (Lipinski definition) is 0. The average Bonchev–Trinajstić information content (AvgIpc) is 2.61. The molecule has 1 fully saturated rings. The Bertz CT molecular complexity index is 195. The van der Waals surface area contributed by atoms with E-state index in [9.17, 15) is 0 Å². The number of halogens is 4. The molecule has 0 nitrogen and oxygen atoms in total. The van der Waals surface area contributed by atoms with Crippen LogP contribution in [0.25, 0.3) is 0 Å². The van der Waals surface area contributed by atoms with Gasteiger partial charge in [-0.15, -0.1) is 11.6 Å². The van der Waals surface area contributed by atoms with Gasteiger partial charge < -0.3 is 0 Å². The molecule has 11 heavy (non-hydrogen) atoms. The molecule has 1 aliphatic carbocycles. The van der Waals surface area contributed by atoms with E-state index < -0.39 is 4.87 Å². The first kappa shape index (κ1) is 9.98. The quantitative estimate of drug-likeness (QED) is 0.625. The lowest BCUT2D eigenvalue weighted by Crippen LogP contribution is -2.02. The van der Waals surface area contributed by atoms with Crippen molar-refractivity contribution in [3.05, 3.63) is 9.52 Å². The van der Waals surface area contributed by atoms with Gasteiger partial charge in [0.1, 0.15) is 4.49 Å². The van der Waals surface area contributed by atoms with Gasteiger partial charge in [-0.1, -0.05) is 48.1 Å². The lowest BCUT2D eigenvalue weighted by Gasteiger charge is -2.05. The maximum Gasteiger partial charge on any atom is 0.123 e. The van der Waals surface area contributed by atoms with Crippen LogP contribution in [0.15, 0.2) is 9.52 Å². The van der Waals surface area contributed by atoms with Crippen LogP contribution in [0.2, 0.25) is 0 Å². The van der Waals surface area contributed by atoms with Crippen LogP contribution in [0.5, 0.6) is 0 Å². The molecular formula is C7H8Cl4. The lowest BCUT2D eigenvalue weighted by atomic mass is 10.2. The summed E-state index contributed by atoms with van der Waals surface area (Å²) in [6.45, 7) is 2.07. The van der Waals surface area contributed by atoms with Crippen molar-refractivity contribution >= 4 is 46.4 Å². The third kappa shape index (κ3) is 1.80. The van der Waals surface area contributed by atoms with Crippen LogP contribution < -0.4 is 0 Å². The summed E-state index contributed by atoms with van der Waals surface area (Å²) in [4.78, 5) is -0.449. The van der Waals surface area contributed by atoms with E-state index >= 15 is 0 Å². The molecule has 0 bridgehead atoms. The number of alkyl halides is 1. The molecule has 0 aromatic heterocycles. The minimum absolute atomic E-state index is 0.0950. The van der Waals surface area contributed by atoms with Crippen molar-refractivity contribution < 1.29 is 0 Å². The first-order valence-corrected chi connectivity index (χ1v) is 4.93. The summed E-state index contributed by atoms with van der Waals surface area (Å²) in [6.07, 6.45) is 1.90. The highest BCUT2D eigenvalue weighted by Crippen LogP contribution is 2.58. The van der Waals surface area contributed by atoms with Crippen LogP contribution in [-0.2, 0) is 0 Å². The molecule has 4 heteroatoms. The minimum atomic E-state index is -0.449. The Hall–Kier alpha value is 0.900. The predicted octanol–water partition coefficient (Wildman–Crippen LogP) is 4.28. The van der Waals surface area contributed by atoms with Gasteiger partial charge in [0.25, 0.3) is 0 Å². The maximum absolute atomic E-state index is 6.10. The minimum Gasteiger partial charge on any atom is -0.113 e. The zero-order chi connectivity index (χ0) is 8.65. The van der Waals surface area contributed by atoms with E-state index in [1.54, 1.807) is 0 Å².